The molecule has 0 aliphatic carbocycles. The molecule has 1 aliphatic rings. The monoisotopic (exact) mass is 300 g/mol. The molecule has 3 rings (SSSR count). The first-order valence-electron chi connectivity index (χ1n) is 6.97. The predicted molar refractivity (Wildman–Crippen MR) is 80.8 cm³/mol. The third-order valence-electron chi connectivity index (χ3n) is 3.21. The molecule has 1 N–H and O–H groups in total. The molecule has 2 aromatic rings. The van der Waals surface area contributed by atoms with Crippen LogP contribution in [0.3, 0.4) is 0 Å². The van der Waals surface area contributed by atoms with Crippen LogP contribution in [0.15, 0.2) is 36.5 Å². The molecule has 0 saturated carbocycles. The van der Waals surface area contributed by atoms with Gasteiger partial charge in [-0.05, 0) is 24.3 Å². The maximum absolute atomic E-state index is 12.3. The van der Waals surface area contributed by atoms with Gasteiger partial charge >= 0.3 is 0 Å². The second-order valence-corrected chi connectivity index (χ2v) is 4.76. The molecule has 1 aromatic carbocycles. The number of rotatable bonds is 3. The number of nitrogens with one attached hydrogen (secondary N) is 1. The van der Waals surface area contributed by atoms with Crippen LogP contribution < -0.4 is 19.5 Å². The molecule has 6 nitrogen and oxygen atoms in total. The van der Waals surface area contributed by atoms with Gasteiger partial charge in [-0.3, -0.25) is 4.79 Å². The molecule has 22 heavy (non-hydrogen) atoms. The van der Waals surface area contributed by atoms with Crippen LogP contribution in [-0.2, 0) is 0 Å². The molecule has 0 saturated heterocycles. The second kappa shape index (κ2) is 6.34. The zero-order valence-corrected chi connectivity index (χ0v) is 12.2. The van der Waals surface area contributed by atoms with Gasteiger partial charge in [0.1, 0.15) is 0 Å². The van der Waals surface area contributed by atoms with Gasteiger partial charge in [0.25, 0.3) is 5.91 Å². The smallest absolute Gasteiger partial charge is 0.255 e. The maximum atomic E-state index is 12.3. The first-order valence-corrected chi connectivity index (χ1v) is 6.97. The number of hydrogen-bond acceptors (Lipinski definition) is 5. The molecule has 0 fully saturated rings. The second-order valence-electron chi connectivity index (χ2n) is 4.76. The summed E-state index contributed by atoms with van der Waals surface area (Å²) in [5, 5.41) is 2.78. The minimum absolute atomic E-state index is 0.234. The summed E-state index contributed by atoms with van der Waals surface area (Å²) < 4.78 is 16.1. The van der Waals surface area contributed by atoms with E-state index in [-0.39, 0.29) is 5.91 Å². The summed E-state index contributed by atoms with van der Waals surface area (Å²) >= 11 is 0. The molecular formula is C16H16N2O4. The minimum atomic E-state index is -0.234. The Morgan fingerprint density at radius 2 is 2.00 bits per heavy atom. The Morgan fingerprint density at radius 3 is 2.73 bits per heavy atom. The summed E-state index contributed by atoms with van der Waals surface area (Å²) in [7, 11) is 1.54. The standard InChI is InChI=1S/C16H16N2O4/c1-20-15-6-4-12(10-17-15)18-16(19)11-3-5-13-14(9-11)22-8-2-7-21-13/h3-6,9-10H,2,7-8H2,1H3,(H,18,19). The lowest BCUT2D eigenvalue weighted by atomic mass is 10.2. The van der Waals surface area contributed by atoms with Crippen LogP contribution in [0.2, 0.25) is 0 Å². The minimum Gasteiger partial charge on any atom is -0.490 e. The molecule has 0 spiro atoms. The van der Waals surface area contributed by atoms with E-state index in [1.165, 1.54) is 0 Å². The zero-order valence-electron chi connectivity index (χ0n) is 12.2. The molecule has 6 heteroatoms. The van der Waals surface area contributed by atoms with E-state index >= 15 is 0 Å². The predicted octanol–water partition coefficient (Wildman–Crippen LogP) is 2.50. The fourth-order valence-corrected chi connectivity index (χ4v) is 2.08. The molecular weight excluding hydrogens is 284 g/mol. The Labute approximate surface area is 128 Å². The average molecular weight is 300 g/mol. The number of ether oxygens (including phenoxy) is 3. The van der Waals surface area contributed by atoms with Gasteiger partial charge in [0.15, 0.2) is 11.5 Å². The van der Waals surface area contributed by atoms with Crippen LogP contribution >= 0.6 is 0 Å². The van der Waals surface area contributed by atoms with E-state index in [0.29, 0.717) is 41.8 Å². The SMILES string of the molecule is COc1ccc(NC(=O)c2ccc3c(c2)OCCCO3)cn1. The summed E-state index contributed by atoms with van der Waals surface area (Å²) in [6.45, 7) is 1.20. The Bertz CT molecular complexity index is 670. The van der Waals surface area contributed by atoms with Crippen molar-refractivity contribution in [1.29, 1.82) is 0 Å². The van der Waals surface area contributed by atoms with Crippen LogP contribution in [0.25, 0.3) is 0 Å². The summed E-state index contributed by atoms with van der Waals surface area (Å²) in [5.74, 6) is 1.52. The van der Waals surface area contributed by atoms with Gasteiger partial charge in [-0.25, -0.2) is 4.98 Å². The number of pyridine rings is 1. The topological polar surface area (TPSA) is 69.7 Å². The molecule has 0 radical (unpaired) electrons. The summed E-state index contributed by atoms with van der Waals surface area (Å²) in [4.78, 5) is 16.3. The van der Waals surface area contributed by atoms with Crippen molar-refractivity contribution in [2.24, 2.45) is 0 Å². The van der Waals surface area contributed by atoms with Crippen molar-refractivity contribution in [1.82, 2.24) is 4.98 Å². The molecule has 0 unspecified atom stereocenters. The molecule has 114 valence electrons. The Morgan fingerprint density at radius 1 is 1.18 bits per heavy atom. The van der Waals surface area contributed by atoms with Crippen molar-refractivity contribution in [2.45, 2.75) is 6.42 Å². The lowest BCUT2D eigenvalue weighted by molar-refractivity contribution is 0.102. The highest BCUT2D eigenvalue weighted by atomic mass is 16.5. The van der Waals surface area contributed by atoms with Crippen molar-refractivity contribution in [3.05, 3.63) is 42.1 Å². The summed E-state index contributed by atoms with van der Waals surface area (Å²) in [6, 6.07) is 8.56. The number of amides is 1. The van der Waals surface area contributed by atoms with Crippen molar-refractivity contribution < 1.29 is 19.0 Å². The van der Waals surface area contributed by atoms with Crippen molar-refractivity contribution in [3.63, 3.8) is 0 Å². The zero-order chi connectivity index (χ0) is 15.4. The van der Waals surface area contributed by atoms with E-state index in [4.69, 9.17) is 14.2 Å². The number of benzene rings is 1. The van der Waals surface area contributed by atoms with E-state index in [9.17, 15) is 4.79 Å². The van der Waals surface area contributed by atoms with Crippen LogP contribution in [-0.4, -0.2) is 31.2 Å². The summed E-state index contributed by atoms with van der Waals surface area (Å²) in [6.07, 6.45) is 2.37. The molecule has 0 atom stereocenters. The highest BCUT2D eigenvalue weighted by molar-refractivity contribution is 6.04. The Hall–Kier alpha value is -2.76. The number of anilines is 1. The maximum Gasteiger partial charge on any atom is 0.255 e. The van der Waals surface area contributed by atoms with E-state index in [2.05, 4.69) is 10.3 Å². The van der Waals surface area contributed by atoms with Gasteiger partial charge in [-0.15, -0.1) is 0 Å². The molecule has 1 amide bonds. The number of aromatic nitrogens is 1. The first kappa shape index (κ1) is 14.2. The quantitative estimate of drug-likeness (QED) is 0.943. The van der Waals surface area contributed by atoms with E-state index in [1.54, 1.807) is 43.6 Å². The third-order valence-corrected chi connectivity index (χ3v) is 3.21. The van der Waals surface area contributed by atoms with Crippen molar-refractivity contribution >= 4 is 11.6 Å². The average Bonchev–Trinajstić information content (AvgIpc) is 2.80. The van der Waals surface area contributed by atoms with Crippen molar-refractivity contribution in [2.75, 3.05) is 25.6 Å². The summed E-state index contributed by atoms with van der Waals surface area (Å²) in [5.41, 5.74) is 1.10. The normalized spacial score (nSPS) is 13.1. The largest absolute Gasteiger partial charge is 0.490 e. The van der Waals surface area contributed by atoms with Crippen LogP contribution in [0.5, 0.6) is 17.4 Å². The Balaban J connectivity index is 1.75. The van der Waals surface area contributed by atoms with Gasteiger partial charge < -0.3 is 19.5 Å². The Kier molecular flexibility index (Phi) is 4.09. The van der Waals surface area contributed by atoms with Gasteiger partial charge in [0, 0.05) is 18.1 Å². The molecule has 1 aliphatic heterocycles. The molecule has 1 aromatic heterocycles. The number of hydrogen-bond donors (Lipinski definition) is 1. The van der Waals surface area contributed by atoms with E-state index < -0.39 is 0 Å². The molecule has 2 heterocycles. The van der Waals surface area contributed by atoms with Gasteiger partial charge in [0.05, 0.1) is 32.2 Å². The number of methoxy groups -OCH3 is 1. The van der Waals surface area contributed by atoms with Crippen LogP contribution in [0.4, 0.5) is 5.69 Å². The fraction of sp³-hybridized carbons (Fsp3) is 0.250. The van der Waals surface area contributed by atoms with Gasteiger partial charge in [0.2, 0.25) is 5.88 Å². The lowest BCUT2D eigenvalue weighted by Crippen LogP contribution is -2.12. The fourth-order valence-electron chi connectivity index (χ4n) is 2.08. The van der Waals surface area contributed by atoms with Gasteiger partial charge in [-0.2, -0.15) is 0 Å². The third kappa shape index (κ3) is 3.11. The highest BCUT2D eigenvalue weighted by Gasteiger charge is 2.14. The first-order chi connectivity index (χ1) is 10.8. The number of carbonyl (C=O) groups excluding carboxylic acids is 1. The number of fused-ring (bicyclic) bond motifs is 1. The van der Waals surface area contributed by atoms with Crippen molar-refractivity contribution in [3.8, 4) is 17.4 Å². The van der Waals surface area contributed by atoms with Crippen LogP contribution in [0, 0.1) is 0 Å². The van der Waals surface area contributed by atoms with E-state index in [1.807, 2.05) is 0 Å². The molecule has 0 bridgehead atoms. The number of carbonyl (C=O) groups is 1. The number of nitrogens with zero attached hydrogens (tertiary/aromatic N) is 1. The van der Waals surface area contributed by atoms with Gasteiger partial charge in [-0.1, -0.05) is 0 Å². The highest BCUT2D eigenvalue weighted by Crippen LogP contribution is 2.30. The lowest BCUT2D eigenvalue weighted by Gasteiger charge is -2.10. The van der Waals surface area contributed by atoms with E-state index in [0.717, 1.165) is 6.42 Å². The van der Waals surface area contributed by atoms with Crippen LogP contribution in [0.1, 0.15) is 16.8 Å².